The summed E-state index contributed by atoms with van der Waals surface area (Å²) < 4.78 is 59.7. The minimum absolute atomic E-state index is 0.0373. The molecule has 31 atom stereocenters. The maximum absolute atomic E-state index is 14.8. The number of esters is 1. The zero-order valence-electron chi connectivity index (χ0n) is 45.4. The van der Waals surface area contributed by atoms with Crippen LogP contribution >= 0.6 is 0 Å². The molecule has 4 aliphatic carbocycles. The zero-order valence-corrected chi connectivity index (χ0v) is 45.4. The molecule has 5 heterocycles. The molecule has 5 aliphatic heterocycles. The SMILES string of the molecule is C=C1CC[C@@]23CC[C@H]4[C@@](C)(CCC[C@@]4(C)C(=O)OC4OC(CO)C(O)C(OC5OC(CO)C(O)C(O)C5O)C4O)[C@@H]2CC[C@]1(COC1OC(CO)C(O)C(OC2OC(CO)C(O)C(O)C2O)C1OCC1OC(CO)C(O)C(O)C1O)C3. The molecule has 9 fully saturated rings. The lowest BCUT2D eigenvalue weighted by molar-refractivity contribution is -0.369. The molecule has 25 unspecified atom stereocenters. The van der Waals surface area contributed by atoms with Crippen molar-refractivity contribution in [2.75, 3.05) is 46.2 Å². The highest BCUT2D eigenvalue weighted by Crippen LogP contribution is 2.73. The molecule has 5 saturated heterocycles. The highest BCUT2D eigenvalue weighted by Gasteiger charge is 2.67. The van der Waals surface area contributed by atoms with E-state index in [0.29, 0.717) is 51.4 Å². The second kappa shape index (κ2) is 25.1. The number of fused-ring (bicyclic) bond motifs is 3. The summed E-state index contributed by atoms with van der Waals surface area (Å²) in [6, 6.07) is 0. The van der Waals surface area contributed by atoms with Crippen molar-refractivity contribution in [1.82, 2.24) is 0 Å². The first-order valence-corrected chi connectivity index (χ1v) is 28.3. The van der Waals surface area contributed by atoms with Gasteiger partial charge in [0.05, 0.1) is 51.7 Å². The second-order valence-corrected chi connectivity index (χ2v) is 24.8. The Hall–Kier alpha value is -1.83. The number of rotatable bonds is 17. The van der Waals surface area contributed by atoms with E-state index in [0.717, 1.165) is 18.4 Å². The van der Waals surface area contributed by atoms with Gasteiger partial charge in [-0.1, -0.05) is 25.5 Å². The Morgan fingerprint density at radius 3 is 1.56 bits per heavy atom. The van der Waals surface area contributed by atoms with Gasteiger partial charge in [0.25, 0.3) is 0 Å². The van der Waals surface area contributed by atoms with E-state index in [1.54, 1.807) is 0 Å². The Bertz CT molecular complexity index is 2130. The molecular formula is C53H86O28. The van der Waals surface area contributed by atoms with Gasteiger partial charge in [-0.25, -0.2) is 0 Å². The molecule has 0 aromatic carbocycles. The van der Waals surface area contributed by atoms with E-state index in [2.05, 4.69) is 13.5 Å². The molecule has 1 spiro atoms. The third-order valence-electron chi connectivity index (χ3n) is 20.3. The first-order chi connectivity index (χ1) is 38.4. The van der Waals surface area contributed by atoms with Gasteiger partial charge in [0, 0.05) is 5.41 Å². The van der Waals surface area contributed by atoms with Crippen LogP contribution in [0, 0.1) is 33.5 Å². The van der Waals surface area contributed by atoms with Gasteiger partial charge in [0.1, 0.15) is 128 Å². The van der Waals surface area contributed by atoms with Crippen molar-refractivity contribution in [3.8, 4) is 0 Å². The van der Waals surface area contributed by atoms with E-state index in [9.17, 15) is 91.6 Å². The number of hydrogen-bond donors (Lipinski definition) is 17. The summed E-state index contributed by atoms with van der Waals surface area (Å²) in [5.41, 5.74) is -1.63. The van der Waals surface area contributed by atoms with Crippen molar-refractivity contribution in [2.24, 2.45) is 33.5 Å². The molecule has 0 radical (unpaired) electrons. The summed E-state index contributed by atoms with van der Waals surface area (Å²) in [5, 5.41) is 180. The van der Waals surface area contributed by atoms with Gasteiger partial charge in [0.2, 0.25) is 6.29 Å². The quantitative estimate of drug-likeness (QED) is 0.0476. The Kier molecular flexibility index (Phi) is 19.7. The summed E-state index contributed by atoms with van der Waals surface area (Å²) in [6.07, 6.45) is -35.6. The number of hydrogen-bond acceptors (Lipinski definition) is 28. The van der Waals surface area contributed by atoms with Crippen LogP contribution in [0.3, 0.4) is 0 Å². The van der Waals surface area contributed by atoms with E-state index < -0.39 is 215 Å². The molecule has 28 nitrogen and oxygen atoms in total. The lowest BCUT2D eigenvalue weighted by Crippen LogP contribution is -2.66. The summed E-state index contributed by atoms with van der Waals surface area (Å²) in [6.45, 7) is 4.03. The van der Waals surface area contributed by atoms with E-state index in [1.165, 1.54) is 0 Å². The van der Waals surface area contributed by atoms with Crippen molar-refractivity contribution in [1.29, 1.82) is 0 Å². The average molecular weight is 1170 g/mol. The predicted octanol–water partition coefficient (Wildman–Crippen LogP) is -6.61. The standard InChI is InChI=1S/C53H86O28/c1-21-5-10-52-11-6-28-50(2,8-4-9-51(28,3)49(71)81-47-41(70)42(34(63)25(16-57)77-47)79-45-39(68)37(66)31(60)23(14-55)75-45)29(52)7-12-53(21,19-52)20-73-48-44(72-18-27-33(62)36(65)30(59)22(13-54)74-27)43(35(64)26(17-58)78-48)80-46-40(69)38(67)32(61)24(15-56)76-46/h22-48,54-70H,1,4-20H2,2-3H3/t22?,23?,24?,25?,26?,27?,28-,29-,30?,31?,32?,33?,34?,35?,36?,37?,38?,39?,40?,41?,42?,43?,44?,45?,46?,47?,48?,50+,51+,52-,53+/m0/s1. The van der Waals surface area contributed by atoms with Crippen LogP contribution in [0.4, 0.5) is 0 Å². The molecular weight excluding hydrogens is 1080 g/mol. The molecule has 2 bridgehead atoms. The fourth-order valence-electron chi connectivity index (χ4n) is 15.6. The number of carbonyl (C=O) groups is 1. The van der Waals surface area contributed by atoms with Gasteiger partial charge >= 0.3 is 5.97 Å². The van der Waals surface area contributed by atoms with Crippen molar-refractivity contribution >= 4 is 5.97 Å². The molecule has 0 aromatic heterocycles. The monoisotopic (exact) mass is 1170 g/mol. The van der Waals surface area contributed by atoms with E-state index >= 15 is 0 Å². The fraction of sp³-hybridized carbons (Fsp3) is 0.943. The van der Waals surface area contributed by atoms with Crippen molar-refractivity contribution in [3.05, 3.63) is 12.2 Å². The zero-order chi connectivity index (χ0) is 58.8. The van der Waals surface area contributed by atoms with E-state index in [4.69, 9.17) is 47.4 Å². The summed E-state index contributed by atoms with van der Waals surface area (Å²) in [7, 11) is 0. The van der Waals surface area contributed by atoms with Crippen LogP contribution in [-0.2, 0) is 52.2 Å². The lowest BCUT2D eigenvalue weighted by Gasteiger charge is -2.68. The number of aliphatic hydroxyl groups is 17. The highest BCUT2D eigenvalue weighted by atomic mass is 16.8. The van der Waals surface area contributed by atoms with Crippen molar-refractivity contribution < 1.29 is 139 Å². The van der Waals surface area contributed by atoms with Crippen LogP contribution < -0.4 is 0 Å². The van der Waals surface area contributed by atoms with E-state index in [-0.39, 0.29) is 23.9 Å². The smallest absolute Gasteiger partial charge is 0.314 e. The summed E-state index contributed by atoms with van der Waals surface area (Å²) in [5.74, 6) is -0.855. The van der Waals surface area contributed by atoms with Gasteiger partial charge < -0.3 is 134 Å². The maximum Gasteiger partial charge on any atom is 0.314 e. The first kappa shape index (κ1) is 63.7. The van der Waals surface area contributed by atoms with Crippen LogP contribution in [0.25, 0.3) is 0 Å². The average Bonchev–Trinajstić information content (AvgIpc) is 3.64. The maximum atomic E-state index is 14.8. The third kappa shape index (κ3) is 11.4. The molecule has 81 heavy (non-hydrogen) atoms. The predicted molar refractivity (Wildman–Crippen MR) is 266 cm³/mol. The molecule has 28 heteroatoms. The second-order valence-electron chi connectivity index (χ2n) is 24.8. The highest BCUT2D eigenvalue weighted by molar-refractivity contribution is 5.77. The van der Waals surface area contributed by atoms with Crippen LogP contribution in [0.1, 0.15) is 78.1 Å². The molecule has 9 rings (SSSR count). The van der Waals surface area contributed by atoms with Gasteiger partial charge in [-0.05, 0) is 87.4 Å². The molecule has 0 aromatic rings. The largest absolute Gasteiger partial charge is 0.432 e. The Labute approximate surface area is 467 Å². The Balaban J connectivity index is 0.925. The molecule has 9 aliphatic rings. The number of ether oxygens (including phenoxy) is 10. The van der Waals surface area contributed by atoms with E-state index in [1.807, 2.05) is 6.92 Å². The summed E-state index contributed by atoms with van der Waals surface area (Å²) >= 11 is 0. The van der Waals surface area contributed by atoms with Crippen LogP contribution in [0.15, 0.2) is 12.2 Å². The number of carbonyl (C=O) groups excluding carboxylic acids is 1. The van der Waals surface area contributed by atoms with Crippen LogP contribution in [0.5, 0.6) is 0 Å². The molecule has 17 N–H and O–H groups in total. The van der Waals surface area contributed by atoms with Gasteiger partial charge in [0.15, 0.2) is 18.9 Å². The van der Waals surface area contributed by atoms with Gasteiger partial charge in [-0.15, -0.1) is 0 Å². The van der Waals surface area contributed by atoms with Gasteiger partial charge in [-0.3, -0.25) is 4.79 Å². The van der Waals surface area contributed by atoms with Gasteiger partial charge in [-0.2, -0.15) is 0 Å². The number of aliphatic hydroxyl groups excluding tert-OH is 17. The molecule has 0 amide bonds. The minimum atomic E-state index is -1.94. The molecule has 4 saturated carbocycles. The lowest BCUT2D eigenvalue weighted by atomic mass is 9.36. The summed E-state index contributed by atoms with van der Waals surface area (Å²) in [4.78, 5) is 14.8. The fourth-order valence-corrected chi connectivity index (χ4v) is 15.6. The third-order valence-corrected chi connectivity index (χ3v) is 20.3. The van der Waals surface area contributed by atoms with Crippen LogP contribution in [0.2, 0.25) is 0 Å². The molecule has 466 valence electrons. The normalized spacial score (nSPS) is 53.1. The topological polar surface area (TPSA) is 453 Å². The van der Waals surface area contributed by atoms with Crippen molar-refractivity contribution in [3.63, 3.8) is 0 Å². The van der Waals surface area contributed by atoms with Crippen LogP contribution in [-0.4, -0.2) is 292 Å². The first-order valence-electron chi connectivity index (χ1n) is 28.3. The minimum Gasteiger partial charge on any atom is -0.432 e. The Morgan fingerprint density at radius 2 is 0.975 bits per heavy atom. The Morgan fingerprint density at radius 1 is 0.494 bits per heavy atom. The van der Waals surface area contributed by atoms with Crippen molar-refractivity contribution in [2.45, 2.75) is 231 Å².